The number of hydrogen-bond donors (Lipinski definition) is 0. The lowest BCUT2D eigenvalue weighted by molar-refractivity contribution is -0.146. The number of esters is 1. The summed E-state index contributed by atoms with van der Waals surface area (Å²) >= 11 is 0. The topological polar surface area (TPSA) is 90.0 Å². The molecule has 0 radical (unpaired) electrons. The maximum atomic E-state index is 13.7. The minimum atomic E-state index is -4.33. The van der Waals surface area contributed by atoms with Crippen LogP contribution in [0.15, 0.2) is 53.4 Å². The average molecular weight is 474 g/mol. The molecule has 8 heteroatoms. The van der Waals surface area contributed by atoms with Crippen molar-refractivity contribution in [1.82, 2.24) is 4.31 Å². The van der Waals surface area contributed by atoms with Gasteiger partial charge in [0.2, 0.25) is 0 Å². The minimum absolute atomic E-state index is 0.0513. The highest BCUT2D eigenvalue weighted by atomic mass is 32.2. The van der Waals surface area contributed by atoms with Crippen LogP contribution in [0.1, 0.15) is 56.3 Å². The van der Waals surface area contributed by atoms with Crippen molar-refractivity contribution in [3.63, 3.8) is 0 Å². The van der Waals surface area contributed by atoms with Gasteiger partial charge in [0, 0.05) is 0 Å². The zero-order valence-electron chi connectivity index (χ0n) is 19.7. The first kappa shape index (κ1) is 24.8. The molecule has 1 atom stereocenters. The average Bonchev–Trinajstić information content (AvgIpc) is 3.55. The summed E-state index contributed by atoms with van der Waals surface area (Å²) < 4.78 is 39.1. The molecule has 2 aromatic carbocycles. The van der Waals surface area contributed by atoms with E-state index < -0.39 is 27.8 Å². The summed E-state index contributed by atoms with van der Waals surface area (Å²) in [5.74, 6) is -0.545. The van der Waals surface area contributed by atoms with E-state index in [9.17, 15) is 18.0 Å². The van der Waals surface area contributed by atoms with Crippen LogP contribution in [-0.2, 0) is 24.3 Å². The van der Waals surface area contributed by atoms with Crippen molar-refractivity contribution in [2.45, 2.75) is 64.0 Å². The summed E-state index contributed by atoms with van der Waals surface area (Å²) in [6.45, 7) is 8.43. The number of carbonyl (C=O) groups excluding carboxylic acids is 2. The Kier molecular flexibility index (Phi) is 7.17. The fourth-order valence-electron chi connectivity index (χ4n) is 3.21. The van der Waals surface area contributed by atoms with E-state index >= 15 is 0 Å². The van der Waals surface area contributed by atoms with Crippen molar-refractivity contribution in [1.29, 1.82) is 0 Å². The van der Waals surface area contributed by atoms with Gasteiger partial charge in [0.25, 0.3) is 10.0 Å². The molecule has 1 saturated carbocycles. The summed E-state index contributed by atoms with van der Waals surface area (Å²) in [4.78, 5) is 25.5. The zero-order chi connectivity index (χ0) is 24.4. The van der Waals surface area contributed by atoms with Gasteiger partial charge in [0.15, 0.2) is 0 Å². The normalized spacial score (nSPS) is 14.9. The Balaban J connectivity index is 2.08. The molecule has 1 fully saturated rings. The van der Waals surface area contributed by atoms with Gasteiger partial charge < -0.3 is 9.47 Å². The van der Waals surface area contributed by atoms with E-state index in [0.29, 0.717) is 9.87 Å². The molecule has 178 valence electrons. The first-order chi connectivity index (χ1) is 15.4. The lowest BCUT2D eigenvalue weighted by Crippen LogP contribution is -2.44. The Morgan fingerprint density at radius 2 is 1.48 bits per heavy atom. The first-order valence-corrected chi connectivity index (χ1v) is 12.4. The van der Waals surface area contributed by atoms with E-state index in [1.807, 2.05) is 26.0 Å². The lowest BCUT2D eigenvalue weighted by atomic mass is 10.1. The van der Waals surface area contributed by atoms with Crippen molar-refractivity contribution in [2.24, 2.45) is 5.92 Å². The van der Waals surface area contributed by atoms with Gasteiger partial charge in [-0.1, -0.05) is 47.5 Å². The molecule has 1 aliphatic rings. The number of ether oxygens (including phenoxy) is 2. The molecule has 0 heterocycles. The van der Waals surface area contributed by atoms with Gasteiger partial charge in [0.1, 0.15) is 18.2 Å². The Labute approximate surface area is 195 Å². The second-order valence-corrected chi connectivity index (χ2v) is 11.2. The molecule has 0 N–H and O–H groups in total. The summed E-state index contributed by atoms with van der Waals surface area (Å²) in [6.07, 6.45) is 0.479. The van der Waals surface area contributed by atoms with Crippen molar-refractivity contribution in [2.75, 3.05) is 6.61 Å². The number of nitrogens with zero attached hydrogens (tertiary/aromatic N) is 1. The molecule has 2 aromatic rings. The Morgan fingerprint density at radius 3 is 1.97 bits per heavy atom. The van der Waals surface area contributed by atoms with Crippen LogP contribution in [-0.4, -0.2) is 37.0 Å². The van der Waals surface area contributed by atoms with E-state index in [1.54, 1.807) is 45.0 Å². The molecule has 33 heavy (non-hydrogen) atoms. The number of amides is 1. The predicted octanol–water partition coefficient (Wildman–Crippen LogP) is 4.92. The fraction of sp³-hybridized carbons (Fsp3) is 0.440. The number of carbonyl (C=O) groups is 2. The largest absolute Gasteiger partial charge is 0.463 e. The quantitative estimate of drug-likeness (QED) is 0.530. The molecule has 1 amide bonds. The van der Waals surface area contributed by atoms with Crippen LogP contribution >= 0.6 is 0 Å². The standard InChI is InChI=1S/C25H31NO6S/c1-17-6-10-19(11-7-17)22(16-31-23(27)20-12-13-20)26(24(28)32-25(3,4)5)33(29,30)21-14-8-18(2)9-15-21/h6-11,14-15,20,22H,12-13,16H2,1-5H3/t22-/m0/s1. The number of sulfonamides is 1. The van der Waals surface area contributed by atoms with Gasteiger partial charge in [0.05, 0.1) is 10.8 Å². The van der Waals surface area contributed by atoms with Gasteiger partial charge >= 0.3 is 12.1 Å². The summed E-state index contributed by atoms with van der Waals surface area (Å²) in [5.41, 5.74) is 1.44. The molecule has 0 saturated heterocycles. The molecule has 0 bridgehead atoms. The van der Waals surface area contributed by atoms with Gasteiger partial charge in [-0.3, -0.25) is 4.79 Å². The lowest BCUT2D eigenvalue weighted by Gasteiger charge is -2.33. The van der Waals surface area contributed by atoms with Crippen LogP contribution in [0.25, 0.3) is 0 Å². The zero-order valence-corrected chi connectivity index (χ0v) is 20.5. The second-order valence-electron chi connectivity index (χ2n) is 9.43. The predicted molar refractivity (Wildman–Crippen MR) is 124 cm³/mol. The van der Waals surface area contributed by atoms with Crippen LogP contribution < -0.4 is 0 Å². The second kappa shape index (κ2) is 9.55. The molecule has 0 unspecified atom stereocenters. The third kappa shape index (κ3) is 6.35. The van der Waals surface area contributed by atoms with Crippen molar-refractivity contribution in [3.05, 3.63) is 65.2 Å². The smallest absolute Gasteiger partial charge is 0.425 e. The van der Waals surface area contributed by atoms with Crippen LogP contribution in [0.4, 0.5) is 4.79 Å². The van der Waals surface area contributed by atoms with Crippen molar-refractivity contribution >= 4 is 22.1 Å². The third-order valence-corrected chi connectivity index (χ3v) is 6.98. The Hall–Kier alpha value is -2.87. The number of rotatable bonds is 7. The maximum Gasteiger partial charge on any atom is 0.425 e. The molecule has 0 aliphatic heterocycles. The van der Waals surface area contributed by atoms with E-state index in [-0.39, 0.29) is 23.4 Å². The number of benzene rings is 2. The molecular weight excluding hydrogens is 442 g/mol. The molecule has 0 aromatic heterocycles. The highest BCUT2D eigenvalue weighted by Gasteiger charge is 2.41. The Bertz CT molecular complexity index is 1100. The summed E-state index contributed by atoms with van der Waals surface area (Å²) in [7, 11) is -4.33. The summed E-state index contributed by atoms with van der Waals surface area (Å²) in [5, 5.41) is 0. The van der Waals surface area contributed by atoms with E-state index in [0.717, 1.165) is 24.0 Å². The maximum absolute atomic E-state index is 13.7. The van der Waals surface area contributed by atoms with Gasteiger partial charge in [-0.25, -0.2) is 13.2 Å². The molecule has 0 spiro atoms. The van der Waals surface area contributed by atoms with Crippen LogP contribution in [0.2, 0.25) is 0 Å². The van der Waals surface area contributed by atoms with Crippen LogP contribution in [0.3, 0.4) is 0 Å². The SMILES string of the molecule is Cc1ccc([C@H](COC(=O)C2CC2)N(C(=O)OC(C)(C)C)S(=O)(=O)c2ccc(C)cc2)cc1. The molecule has 3 rings (SSSR count). The monoisotopic (exact) mass is 473 g/mol. The number of aryl methyl sites for hydroxylation is 2. The summed E-state index contributed by atoms with van der Waals surface area (Å²) in [6, 6.07) is 12.2. The Morgan fingerprint density at radius 1 is 0.970 bits per heavy atom. The van der Waals surface area contributed by atoms with Crippen molar-refractivity contribution in [3.8, 4) is 0 Å². The van der Waals surface area contributed by atoms with Crippen LogP contribution in [0, 0.1) is 19.8 Å². The highest BCUT2D eigenvalue weighted by molar-refractivity contribution is 7.89. The number of hydrogen-bond acceptors (Lipinski definition) is 6. The van der Waals surface area contributed by atoms with Crippen LogP contribution in [0.5, 0.6) is 0 Å². The van der Waals surface area contributed by atoms with Crippen molar-refractivity contribution < 1.29 is 27.5 Å². The third-order valence-electron chi connectivity index (χ3n) is 5.19. The fourth-order valence-corrected chi connectivity index (χ4v) is 4.67. The first-order valence-electron chi connectivity index (χ1n) is 11.0. The van der Waals surface area contributed by atoms with Gasteiger partial charge in [-0.2, -0.15) is 4.31 Å². The molecule has 1 aliphatic carbocycles. The van der Waals surface area contributed by atoms with E-state index in [1.165, 1.54) is 12.1 Å². The highest BCUT2D eigenvalue weighted by Crippen LogP contribution is 2.33. The molecular formula is C25H31NO6S. The van der Waals surface area contributed by atoms with E-state index in [2.05, 4.69) is 0 Å². The minimum Gasteiger partial charge on any atom is -0.463 e. The van der Waals surface area contributed by atoms with Gasteiger partial charge in [-0.15, -0.1) is 0 Å². The molecule has 7 nitrogen and oxygen atoms in total. The van der Waals surface area contributed by atoms with E-state index in [4.69, 9.17) is 9.47 Å². The van der Waals surface area contributed by atoms with Gasteiger partial charge in [-0.05, 0) is 65.2 Å².